The van der Waals surface area contributed by atoms with Gasteiger partial charge in [-0.3, -0.25) is 19.2 Å². The van der Waals surface area contributed by atoms with Crippen LogP contribution in [0.3, 0.4) is 0 Å². The van der Waals surface area contributed by atoms with Crippen molar-refractivity contribution < 1.29 is 34.2 Å². The van der Waals surface area contributed by atoms with Crippen molar-refractivity contribution >= 4 is 42.2 Å². The lowest BCUT2D eigenvalue weighted by atomic mass is 10.0. The Morgan fingerprint density at radius 1 is 0.917 bits per heavy atom. The molecule has 4 amide bonds. The number of aliphatic carboxylic acids is 1. The van der Waals surface area contributed by atoms with Crippen LogP contribution < -0.4 is 27.4 Å². The van der Waals surface area contributed by atoms with E-state index in [1.807, 2.05) is 0 Å². The van der Waals surface area contributed by atoms with Crippen LogP contribution in [-0.4, -0.2) is 69.7 Å². The van der Waals surface area contributed by atoms with Crippen LogP contribution in [-0.2, 0) is 30.4 Å². The highest BCUT2D eigenvalue weighted by atomic mass is 32.1. The summed E-state index contributed by atoms with van der Waals surface area (Å²) >= 11 is 4.09. The fourth-order valence-corrected chi connectivity index (χ4v) is 3.50. The van der Waals surface area contributed by atoms with Gasteiger partial charge in [0.05, 0.1) is 6.04 Å². The van der Waals surface area contributed by atoms with E-state index in [1.54, 1.807) is 26.0 Å². The summed E-state index contributed by atoms with van der Waals surface area (Å²) in [4.78, 5) is 60.9. The fourth-order valence-electron chi connectivity index (χ4n) is 3.24. The number of carboxylic acids is 1. The Balaban J connectivity index is 2.87. The van der Waals surface area contributed by atoms with Crippen molar-refractivity contribution in [3.63, 3.8) is 0 Å². The van der Waals surface area contributed by atoms with Crippen LogP contribution in [0.2, 0.25) is 0 Å². The lowest BCUT2D eigenvalue weighted by Crippen LogP contribution is -2.58. The molecule has 0 radical (unpaired) electrons. The number of benzene rings is 1. The van der Waals surface area contributed by atoms with Gasteiger partial charge in [0.15, 0.2) is 0 Å². The number of rotatable bonds is 15. The third kappa shape index (κ3) is 11.0. The van der Waals surface area contributed by atoms with Gasteiger partial charge in [0.25, 0.3) is 0 Å². The number of thiol groups is 1. The summed E-state index contributed by atoms with van der Waals surface area (Å²) in [6.45, 7) is 3.58. The van der Waals surface area contributed by atoms with Gasteiger partial charge in [-0.1, -0.05) is 26.0 Å². The second-order valence-electron chi connectivity index (χ2n) is 8.82. The van der Waals surface area contributed by atoms with Crippen molar-refractivity contribution in [1.29, 1.82) is 0 Å². The van der Waals surface area contributed by atoms with E-state index in [0.29, 0.717) is 5.56 Å². The molecule has 0 aromatic heterocycles. The number of carbonyl (C=O) groups excluding carboxylic acids is 4. The molecule has 13 heteroatoms. The van der Waals surface area contributed by atoms with Crippen molar-refractivity contribution in [2.24, 2.45) is 17.4 Å². The van der Waals surface area contributed by atoms with E-state index in [0.717, 1.165) is 0 Å². The number of nitrogens with two attached hydrogens (primary N) is 2. The summed E-state index contributed by atoms with van der Waals surface area (Å²) < 4.78 is 0. The number of nitrogens with one attached hydrogen (secondary N) is 3. The minimum atomic E-state index is -1.27. The SMILES string of the molecule is CC(C)CC(NC(=O)C(CCC(N)=O)NC(=O)C(CS)NC(=O)C(N)Cc1ccc(O)cc1)C(=O)O. The van der Waals surface area contributed by atoms with Crippen molar-refractivity contribution in [2.45, 2.75) is 63.7 Å². The van der Waals surface area contributed by atoms with Gasteiger partial charge < -0.3 is 37.6 Å². The first-order valence-electron chi connectivity index (χ1n) is 11.4. The summed E-state index contributed by atoms with van der Waals surface area (Å²) in [6, 6.07) is 1.49. The van der Waals surface area contributed by atoms with E-state index < -0.39 is 53.8 Å². The molecule has 0 bridgehead atoms. The average molecular weight is 526 g/mol. The van der Waals surface area contributed by atoms with Crippen LogP contribution in [0, 0.1) is 5.92 Å². The van der Waals surface area contributed by atoms with Gasteiger partial charge in [0, 0.05) is 12.2 Å². The first-order valence-corrected chi connectivity index (χ1v) is 12.0. The highest BCUT2D eigenvalue weighted by molar-refractivity contribution is 7.80. The molecule has 0 aliphatic carbocycles. The smallest absolute Gasteiger partial charge is 0.326 e. The van der Waals surface area contributed by atoms with E-state index in [9.17, 15) is 34.2 Å². The van der Waals surface area contributed by atoms with E-state index in [-0.39, 0.29) is 43.1 Å². The Kier molecular flexibility index (Phi) is 12.7. The van der Waals surface area contributed by atoms with Crippen LogP contribution in [0.5, 0.6) is 5.75 Å². The highest BCUT2D eigenvalue weighted by Crippen LogP contribution is 2.11. The van der Waals surface area contributed by atoms with E-state index in [4.69, 9.17) is 11.5 Å². The second-order valence-corrected chi connectivity index (χ2v) is 9.18. The number of primary amides is 1. The summed E-state index contributed by atoms with van der Waals surface area (Å²) in [5, 5.41) is 26.0. The number of phenols is 1. The average Bonchev–Trinajstić information content (AvgIpc) is 2.80. The normalized spacial score (nSPS) is 14.2. The Morgan fingerprint density at radius 3 is 1.94 bits per heavy atom. The molecule has 0 saturated heterocycles. The Morgan fingerprint density at radius 2 is 1.44 bits per heavy atom. The second kappa shape index (κ2) is 14.9. The summed E-state index contributed by atoms with van der Waals surface area (Å²) in [5.41, 5.74) is 11.8. The lowest BCUT2D eigenvalue weighted by molar-refractivity contribution is -0.143. The first kappa shape index (κ1) is 30.7. The summed E-state index contributed by atoms with van der Waals surface area (Å²) in [6.07, 6.45) is -0.112. The largest absolute Gasteiger partial charge is 0.508 e. The summed E-state index contributed by atoms with van der Waals surface area (Å²) in [7, 11) is 0. The molecule has 12 nitrogen and oxygen atoms in total. The molecule has 1 aromatic rings. The van der Waals surface area contributed by atoms with Crippen molar-refractivity contribution in [3.05, 3.63) is 29.8 Å². The molecule has 200 valence electrons. The zero-order chi connectivity index (χ0) is 27.4. The number of carbonyl (C=O) groups is 5. The maximum Gasteiger partial charge on any atom is 0.326 e. The molecular weight excluding hydrogens is 490 g/mol. The highest BCUT2D eigenvalue weighted by Gasteiger charge is 2.30. The predicted molar refractivity (Wildman–Crippen MR) is 135 cm³/mol. The molecule has 0 saturated carbocycles. The monoisotopic (exact) mass is 525 g/mol. The molecule has 36 heavy (non-hydrogen) atoms. The van der Waals surface area contributed by atoms with E-state index in [1.165, 1.54) is 12.1 Å². The van der Waals surface area contributed by atoms with Crippen LogP contribution in [0.4, 0.5) is 0 Å². The number of phenolic OH excluding ortho intramolecular Hbond substituents is 1. The van der Waals surface area contributed by atoms with Crippen molar-refractivity contribution in [3.8, 4) is 5.75 Å². The number of hydrogen-bond donors (Lipinski definition) is 8. The molecule has 0 fully saturated rings. The Hall–Kier alpha value is -3.32. The fraction of sp³-hybridized carbons (Fsp3) is 0.522. The number of carboxylic acid groups (broad SMARTS) is 1. The van der Waals surface area contributed by atoms with Gasteiger partial charge >= 0.3 is 5.97 Å². The maximum absolute atomic E-state index is 12.8. The van der Waals surface area contributed by atoms with Crippen LogP contribution in [0.15, 0.2) is 24.3 Å². The third-order valence-electron chi connectivity index (χ3n) is 5.18. The first-order chi connectivity index (χ1) is 16.8. The Labute approximate surface area is 215 Å². The molecule has 0 spiro atoms. The van der Waals surface area contributed by atoms with Crippen molar-refractivity contribution in [1.82, 2.24) is 16.0 Å². The topological polar surface area (TPSA) is 214 Å². The quantitative estimate of drug-likeness (QED) is 0.133. The van der Waals surface area contributed by atoms with Gasteiger partial charge in [-0.2, -0.15) is 12.6 Å². The van der Waals surface area contributed by atoms with Gasteiger partial charge in [-0.15, -0.1) is 0 Å². The van der Waals surface area contributed by atoms with Crippen LogP contribution >= 0.6 is 12.6 Å². The molecule has 4 unspecified atom stereocenters. The number of aromatic hydroxyl groups is 1. The number of hydrogen-bond acceptors (Lipinski definition) is 8. The Bertz CT molecular complexity index is 926. The predicted octanol–water partition coefficient (Wildman–Crippen LogP) is -0.958. The van der Waals surface area contributed by atoms with Gasteiger partial charge in [0.1, 0.15) is 23.9 Å². The zero-order valence-corrected chi connectivity index (χ0v) is 21.2. The van der Waals surface area contributed by atoms with Crippen molar-refractivity contribution in [2.75, 3.05) is 5.75 Å². The molecule has 0 heterocycles. The molecule has 9 N–H and O–H groups in total. The molecule has 1 aromatic carbocycles. The third-order valence-corrected chi connectivity index (χ3v) is 5.54. The minimum Gasteiger partial charge on any atom is -0.508 e. The number of amides is 4. The molecule has 0 aliphatic rings. The van der Waals surface area contributed by atoms with Gasteiger partial charge in [0.2, 0.25) is 23.6 Å². The molecule has 1 rings (SSSR count). The van der Waals surface area contributed by atoms with Crippen LogP contribution in [0.25, 0.3) is 0 Å². The molecular formula is C23H35N5O7S. The summed E-state index contributed by atoms with van der Waals surface area (Å²) in [5.74, 6) is -4.24. The standard InChI is InChI=1S/C23H35N5O7S/c1-12(2)9-17(23(34)35)27-21(32)16(7-8-19(25)30)26-22(33)18(11-36)28-20(31)15(24)10-13-3-5-14(29)6-4-13/h3-6,12,15-18,29,36H,7-11,24H2,1-2H3,(H2,25,30)(H,26,33)(H,27,32)(H,28,31)(H,34,35). The van der Waals surface area contributed by atoms with Gasteiger partial charge in [-0.05, 0) is 42.9 Å². The molecule has 4 atom stereocenters. The van der Waals surface area contributed by atoms with E-state index in [2.05, 4.69) is 28.6 Å². The van der Waals surface area contributed by atoms with Gasteiger partial charge in [-0.25, -0.2) is 4.79 Å². The molecule has 0 aliphatic heterocycles. The van der Waals surface area contributed by atoms with E-state index >= 15 is 0 Å². The van der Waals surface area contributed by atoms with Crippen LogP contribution in [0.1, 0.15) is 38.7 Å². The lowest BCUT2D eigenvalue weighted by Gasteiger charge is -2.25. The maximum atomic E-state index is 12.8. The minimum absolute atomic E-state index is 0.0281. The zero-order valence-electron chi connectivity index (χ0n) is 20.3.